The number of hydrogen-bond acceptors (Lipinski definition) is 2. The molecule has 0 radical (unpaired) electrons. The fourth-order valence-corrected chi connectivity index (χ4v) is 1.69. The van der Waals surface area contributed by atoms with Gasteiger partial charge in [0.05, 0.1) is 11.1 Å². The summed E-state index contributed by atoms with van der Waals surface area (Å²) in [5, 5.41) is 2.63. The van der Waals surface area contributed by atoms with E-state index in [1.165, 1.54) is 18.2 Å². The number of H-pyrrole nitrogens is 1. The van der Waals surface area contributed by atoms with Crippen LogP contribution in [-0.2, 0) is 6.18 Å². The molecule has 0 saturated carbocycles. The largest absolute Gasteiger partial charge is 0.449 e. The molecule has 2 aromatic rings. The highest BCUT2D eigenvalue weighted by atomic mass is 19.4. The molecule has 1 aromatic heterocycles. The summed E-state index contributed by atoms with van der Waals surface area (Å²) < 4.78 is 37.7. The summed E-state index contributed by atoms with van der Waals surface area (Å²) in [6.45, 7) is 3.54. The molecule has 7 heteroatoms. The van der Waals surface area contributed by atoms with Gasteiger partial charge in [0.15, 0.2) is 0 Å². The number of nitrogens with zero attached hydrogens (tertiary/aromatic N) is 1. The third-order valence-corrected chi connectivity index (χ3v) is 2.45. The van der Waals surface area contributed by atoms with Crippen LogP contribution in [0.2, 0.25) is 0 Å². The maximum atomic E-state index is 12.6. The average molecular weight is 271 g/mol. The number of benzene rings is 1. The monoisotopic (exact) mass is 271 g/mol. The number of alkyl halides is 3. The quantitative estimate of drug-likeness (QED) is 0.882. The Kier molecular flexibility index (Phi) is 3.21. The molecule has 0 spiro atoms. The number of rotatable bonds is 2. The Morgan fingerprint density at radius 1 is 1.37 bits per heavy atom. The van der Waals surface area contributed by atoms with Gasteiger partial charge in [-0.15, -0.1) is 0 Å². The van der Waals surface area contributed by atoms with Crippen molar-refractivity contribution in [3.63, 3.8) is 0 Å². The summed E-state index contributed by atoms with van der Waals surface area (Å²) in [6.07, 6.45) is -4.56. The molecule has 19 heavy (non-hydrogen) atoms. The number of hydrogen-bond donors (Lipinski definition) is 2. The Morgan fingerprint density at radius 2 is 2.05 bits per heavy atom. The molecule has 4 nitrogen and oxygen atoms in total. The van der Waals surface area contributed by atoms with Gasteiger partial charge in [0.1, 0.15) is 5.52 Å². The smallest absolute Gasteiger partial charge is 0.350 e. The van der Waals surface area contributed by atoms with E-state index in [-0.39, 0.29) is 22.6 Å². The highest BCUT2D eigenvalue weighted by molar-refractivity contribution is 6.05. The van der Waals surface area contributed by atoms with Crippen molar-refractivity contribution >= 4 is 16.9 Å². The van der Waals surface area contributed by atoms with E-state index in [1.807, 2.05) is 0 Å². The first-order valence-electron chi connectivity index (χ1n) is 5.66. The van der Waals surface area contributed by atoms with E-state index in [0.717, 1.165) is 0 Å². The number of amides is 1. The number of fused-ring (bicyclic) bond motifs is 1. The molecule has 0 aliphatic rings. The second-order valence-corrected chi connectivity index (χ2v) is 4.41. The summed E-state index contributed by atoms with van der Waals surface area (Å²) in [5.41, 5.74) is 0.328. The van der Waals surface area contributed by atoms with Crippen LogP contribution in [0.4, 0.5) is 13.2 Å². The normalized spacial score (nSPS) is 12.1. The molecule has 0 aliphatic heterocycles. The van der Waals surface area contributed by atoms with Crippen molar-refractivity contribution in [2.75, 3.05) is 0 Å². The van der Waals surface area contributed by atoms with Gasteiger partial charge in [-0.2, -0.15) is 13.2 Å². The van der Waals surface area contributed by atoms with Crippen molar-refractivity contribution in [2.24, 2.45) is 0 Å². The lowest BCUT2D eigenvalue weighted by Crippen LogP contribution is -2.30. The van der Waals surface area contributed by atoms with Crippen LogP contribution < -0.4 is 5.32 Å². The predicted octanol–water partition coefficient (Wildman–Crippen LogP) is 2.72. The van der Waals surface area contributed by atoms with Gasteiger partial charge in [0.2, 0.25) is 5.82 Å². The van der Waals surface area contributed by atoms with Crippen LogP contribution in [0.3, 0.4) is 0 Å². The first-order valence-corrected chi connectivity index (χ1v) is 5.66. The molecule has 0 unspecified atom stereocenters. The number of para-hydroxylation sites is 1. The Labute approximate surface area is 107 Å². The molecule has 0 aliphatic carbocycles. The number of carbonyl (C=O) groups excluding carboxylic acids is 1. The Balaban J connectivity index is 2.51. The van der Waals surface area contributed by atoms with Crippen molar-refractivity contribution in [3.05, 3.63) is 29.6 Å². The van der Waals surface area contributed by atoms with E-state index in [4.69, 9.17) is 0 Å². The molecule has 0 atom stereocenters. The lowest BCUT2D eigenvalue weighted by Gasteiger charge is -2.08. The lowest BCUT2D eigenvalue weighted by atomic mass is 10.1. The fourth-order valence-electron chi connectivity index (χ4n) is 1.69. The second kappa shape index (κ2) is 4.56. The highest BCUT2D eigenvalue weighted by Crippen LogP contribution is 2.29. The molecule has 0 fully saturated rings. The minimum atomic E-state index is -4.56. The molecule has 102 valence electrons. The highest BCUT2D eigenvalue weighted by Gasteiger charge is 2.35. The maximum Gasteiger partial charge on any atom is 0.449 e. The van der Waals surface area contributed by atoms with Crippen molar-refractivity contribution in [3.8, 4) is 0 Å². The number of aromatic amines is 1. The second-order valence-electron chi connectivity index (χ2n) is 4.41. The Bertz CT molecular complexity index is 616. The topological polar surface area (TPSA) is 57.8 Å². The van der Waals surface area contributed by atoms with Crippen LogP contribution >= 0.6 is 0 Å². The van der Waals surface area contributed by atoms with Crippen LogP contribution in [0.15, 0.2) is 18.2 Å². The summed E-state index contributed by atoms with van der Waals surface area (Å²) in [6, 6.07) is 4.30. The van der Waals surface area contributed by atoms with Gasteiger partial charge in [0.25, 0.3) is 5.91 Å². The molecule has 1 aromatic carbocycles. The van der Waals surface area contributed by atoms with Crippen LogP contribution in [0.5, 0.6) is 0 Å². The van der Waals surface area contributed by atoms with Crippen molar-refractivity contribution < 1.29 is 18.0 Å². The first kappa shape index (κ1) is 13.4. The van der Waals surface area contributed by atoms with Gasteiger partial charge >= 0.3 is 6.18 Å². The van der Waals surface area contributed by atoms with Crippen molar-refractivity contribution in [1.82, 2.24) is 15.3 Å². The number of imidazole rings is 1. The van der Waals surface area contributed by atoms with Gasteiger partial charge < -0.3 is 10.3 Å². The number of carbonyl (C=O) groups is 1. The Morgan fingerprint density at radius 3 is 2.63 bits per heavy atom. The van der Waals surface area contributed by atoms with Gasteiger partial charge in [-0.1, -0.05) is 6.07 Å². The number of nitrogens with one attached hydrogen (secondary N) is 2. The molecule has 0 saturated heterocycles. The predicted molar refractivity (Wildman–Crippen MR) is 63.7 cm³/mol. The van der Waals surface area contributed by atoms with Crippen LogP contribution in [0, 0.1) is 0 Å². The number of halogens is 3. The third kappa shape index (κ3) is 2.69. The molecule has 1 heterocycles. The summed E-state index contributed by atoms with van der Waals surface area (Å²) in [5.74, 6) is -1.55. The van der Waals surface area contributed by atoms with Gasteiger partial charge in [0, 0.05) is 6.04 Å². The minimum absolute atomic E-state index is 0.0213. The van der Waals surface area contributed by atoms with E-state index >= 15 is 0 Å². The zero-order chi connectivity index (χ0) is 14.2. The van der Waals surface area contributed by atoms with Crippen LogP contribution in [0.1, 0.15) is 30.0 Å². The molecular formula is C12H12F3N3O. The maximum absolute atomic E-state index is 12.6. The summed E-state index contributed by atoms with van der Waals surface area (Å²) in [7, 11) is 0. The van der Waals surface area contributed by atoms with Gasteiger partial charge in [-0.25, -0.2) is 4.98 Å². The standard InChI is InChI=1S/C12H12F3N3O/c1-6(2)16-10(19)7-4-3-5-8-9(7)18-11(17-8)12(13,14)15/h3-6H,1-2H3,(H,16,19)(H,17,18). The van der Waals surface area contributed by atoms with E-state index in [9.17, 15) is 18.0 Å². The molecule has 0 bridgehead atoms. The molecule has 2 N–H and O–H groups in total. The molecular weight excluding hydrogens is 259 g/mol. The van der Waals surface area contributed by atoms with Gasteiger partial charge in [-0.05, 0) is 26.0 Å². The first-order chi connectivity index (χ1) is 8.79. The molecule has 1 amide bonds. The number of aromatic nitrogens is 2. The SMILES string of the molecule is CC(C)NC(=O)c1cccc2[nH]c(C(F)(F)F)nc12. The zero-order valence-electron chi connectivity index (χ0n) is 10.3. The minimum Gasteiger partial charge on any atom is -0.350 e. The lowest BCUT2D eigenvalue weighted by molar-refractivity contribution is -0.144. The average Bonchev–Trinajstić information content (AvgIpc) is 2.70. The zero-order valence-corrected chi connectivity index (χ0v) is 10.3. The fraction of sp³-hybridized carbons (Fsp3) is 0.333. The van der Waals surface area contributed by atoms with E-state index in [1.54, 1.807) is 13.8 Å². The van der Waals surface area contributed by atoms with E-state index in [0.29, 0.717) is 0 Å². The summed E-state index contributed by atoms with van der Waals surface area (Å²) >= 11 is 0. The Hall–Kier alpha value is -2.05. The van der Waals surface area contributed by atoms with Crippen LogP contribution in [0.25, 0.3) is 11.0 Å². The van der Waals surface area contributed by atoms with E-state index in [2.05, 4.69) is 15.3 Å². The van der Waals surface area contributed by atoms with Gasteiger partial charge in [-0.3, -0.25) is 4.79 Å². The van der Waals surface area contributed by atoms with Crippen LogP contribution in [-0.4, -0.2) is 21.9 Å². The van der Waals surface area contributed by atoms with E-state index < -0.39 is 17.9 Å². The molecule has 2 rings (SSSR count). The third-order valence-electron chi connectivity index (χ3n) is 2.45. The van der Waals surface area contributed by atoms with Crippen molar-refractivity contribution in [2.45, 2.75) is 26.1 Å². The van der Waals surface area contributed by atoms with Crippen molar-refractivity contribution in [1.29, 1.82) is 0 Å². The summed E-state index contributed by atoms with van der Waals surface area (Å²) in [4.78, 5) is 17.5.